The van der Waals surface area contributed by atoms with Gasteiger partial charge in [0.2, 0.25) is 5.91 Å². The quantitative estimate of drug-likeness (QED) is 0.780. The van der Waals surface area contributed by atoms with E-state index in [9.17, 15) is 13.2 Å². The molecule has 0 aromatic heterocycles. The predicted molar refractivity (Wildman–Crippen MR) is 93.6 cm³/mol. The molecule has 1 amide bonds. The Morgan fingerprint density at radius 1 is 1.12 bits per heavy atom. The average Bonchev–Trinajstić information content (AvgIpc) is 3.16. The molecule has 7 nitrogen and oxygen atoms in total. The van der Waals surface area contributed by atoms with Gasteiger partial charge in [-0.15, -0.1) is 4.40 Å². The molecule has 2 saturated heterocycles. The first kappa shape index (κ1) is 16.5. The van der Waals surface area contributed by atoms with Crippen molar-refractivity contribution in [3.63, 3.8) is 0 Å². The molecule has 3 heterocycles. The van der Waals surface area contributed by atoms with Crippen molar-refractivity contribution in [2.45, 2.75) is 30.2 Å². The second-order valence-electron chi connectivity index (χ2n) is 6.98. The summed E-state index contributed by atoms with van der Waals surface area (Å²) in [6.07, 6.45) is 2.30. The van der Waals surface area contributed by atoms with Gasteiger partial charge in [-0.2, -0.15) is 8.42 Å². The molecule has 3 aliphatic heterocycles. The Bertz CT molecular complexity index is 828. The zero-order valence-electron chi connectivity index (χ0n) is 14.0. The minimum absolute atomic E-state index is 0.00426. The number of carbonyl (C=O) groups excluding carboxylic acids is 1. The molecule has 1 aromatic carbocycles. The minimum atomic E-state index is -3.60. The maximum atomic E-state index is 12.6. The van der Waals surface area contributed by atoms with Crippen molar-refractivity contribution < 1.29 is 13.2 Å². The van der Waals surface area contributed by atoms with Gasteiger partial charge in [-0.1, -0.05) is 12.1 Å². The van der Waals surface area contributed by atoms with Crippen LogP contribution < -0.4 is 5.73 Å². The molecule has 0 bridgehead atoms. The number of fused-ring (bicyclic) bond motifs is 1. The number of nitrogens with zero attached hydrogens (tertiary/aromatic N) is 3. The lowest BCUT2D eigenvalue weighted by Gasteiger charge is -2.34. The summed E-state index contributed by atoms with van der Waals surface area (Å²) < 4.78 is 28.4. The molecule has 8 heteroatoms. The largest absolute Gasteiger partial charge is 0.355 e. The number of hydrogen-bond acceptors (Lipinski definition) is 5. The van der Waals surface area contributed by atoms with Crippen LogP contribution in [0.4, 0.5) is 0 Å². The van der Waals surface area contributed by atoms with Gasteiger partial charge in [0.1, 0.15) is 4.90 Å². The number of piperidine rings is 1. The minimum Gasteiger partial charge on any atom is -0.355 e. The fourth-order valence-electron chi connectivity index (χ4n) is 3.90. The number of amidine groups is 1. The Kier molecular flexibility index (Phi) is 4.04. The summed E-state index contributed by atoms with van der Waals surface area (Å²) in [6, 6.07) is 7.01. The van der Waals surface area contributed by atoms with E-state index in [1.54, 1.807) is 18.2 Å². The molecule has 0 spiro atoms. The number of nitrogens with two attached hydrogens (primary N) is 1. The lowest BCUT2D eigenvalue weighted by molar-refractivity contribution is -0.135. The maximum absolute atomic E-state index is 12.6. The molecule has 3 aliphatic rings. The third-order valence-corrected chi connectivity index (χ3v) is 6.62. The van der Waals surface area contributed by atoms with Crippen LogP contribution in [-0.2, 0) is 14.8 Å². The highest BCUT2D eigenvalue weighted by Crippen LogP contribution is 2.30. The van der Waals surface area contributed by atoms with Crippen LogP contribution in [0.2, 0.25) is 0 Å². The van der Waals surface area contributed by atoms with Crippen LogP contribution in [0.1, 0.15) is 24.8 Å². The molecule has 0 aliphatic carbocycles. The maximum Gasteiger partial charge on any atom is 0.285 e. The average molecular weight is 362 g/mol. The van der Waals surface area contributed by atoms with Gasteiger partial charge in [-0.25, -0.2) is 0 Å². The van der Waals surface area contributed by atoms with E-state index in [0.29, 0.717) is 43.9 Å². The molecule has 4 rings (SSSR count). The molecular formula is C17H22N4O3S. The van der Waals surface area contributed by atoms with Gasteiger partial charge in [0.25, 0.3) is 10.0 Å². The summed E-state index contributed by atoms with van der Waals surface area (Å²) in [5, 5.41) is 0. The number of carbonyl (C=O) groups is 1. The van der Waals surface area contributed by atoms with E-state index in [0.717, 1.165) is 13.0 Å². The fraction of sp³-hybridized carbons (Fsp3) is 0.529. The van der Waals surface area contributed by atoms with Crippen LogP contribution in [-0.4, -0.2) is 62.2 Å². The van der Waals surface area contributed by atoms with Crippen molar-refractivity contribution >= 4 is 21.8 Å². The zero-order valence-corrected chi connectivity index (χ0v) is 14.8. The SMILES string of the molecule is N[C@@H]1CCN(C(=O)C2CCN(C3=NS(=O)(=O)c4ccccc43)CC2)C1. The number of sulfonamides is 1. The molecule has 2 fully saturated rings. The third-order valence-electron chi connectivity index (χ3n) is 5.29. The molecule has 2 N–H and O–H groups in total. The highest BCUT2D eigenvalue weighted by molar-refractivity contribution is 7.90. The summed E-state index contributed by atoms with van der Waals surface area (Å²) in [7, 11) is -3.60. The molecule has 134 valence electrons. The summed E-state index contributed by atoms with van der Waals surface area (Å²) in [5.41, 5.74) is 6.56. The number of amides is 1. The zero-order chi connectivity index (χ0) is 17.6. The topological polar surface area (TPSA) is 96.1 Å². The molecule has 0 radical (unpaired) electrons. The Morgan fingerprint density at radius 3 is 2.52 bits per heavy atom. The Labute approximate surface area is 147 Å². The first-order chi connectivity index (χ1) is 12.0. The van der Waals surface area contributed by atoms with Crippen molar-refractivity contribution in [3.05, 3.63) is 29.8 Å². The second-order valence-corrected chi connectivity index (χ2v) is 8.55. The second kappa shape index (κ2) is 6.10. The van der Waals surface area contributed by atoms with Crippen molar-refractivity contribution in [1.29, 1.82) is 0 Å². The highest BCUT2D eigenvalue weighted by atomic mass is 32.2. The van der Waals surface area contributed by atoms with Gasteiger partial charge in [-0.3, -0.25) is 4.79 Å². The smallest absolute Gasteiger partial charge is 0.285 e. The van der Waals surface area contributed by atoms with Gasteiger partial charge < -0.3 is 15.5 Å². The van der Waals surface area contributed by atoms with Crippen molar-refractivity contribution in [1.82, 2.24) is 9.80 Å². The van der Waals surface area contributed by atoms with Crippen molar-refractivity contribution in [2.24, 2.45) is 16.0 Å². The van der Waals surface area contributed by atoms with E-state index in [1.165, 1.54) is 0 Å². The van der Waals surface area contributed by atoms with Gasteiger partial charge in [0.05, 0.1) is 0 Å². The Morgan fingerprint density at radius 2 is 1.84 bits per heavy atom. The van der Waals surface area contributed by atoms with Crippen molar-refractivity contribution in [3.8, 4) is 0 Å². The van der Waals surface area contributed by atoms with Crippen LogP contribution >= 0.6 is 0 Å². The van der Waals surface area contributed by atoms with Crippen LogP contribution in [0.3, 0.4) is 0 Å². The van der Waals surface area contributed by atoms with E-state index >= 15 is 0 Å². The molecule has 0 saturated carbocycles. The van der Waals surface area contributed by atoms with E-state index in [1.807, 2.05) is 15.9 Å². The highest BCUT2D eigenvalue weighted by Gasteiger charge is 2.36. The summed E-state index contributed by atoms with van der Waals surface area (Å²) in [5.74, 6) is 0.703. The van der Waals surface area contributed by atoms with E-state index < -0.39 is 10.0 Å². The van der Waals surface area contributed by atoms with Crippen LogP contribution in [0.25, 0.3) is 0 Å². The summed E-state index contributed by atoms with van der Waals surface area (Å²) in [6.45, 7) is 2.67. The van der Waals surface area contributed by atoms with Gasteiger partial charge >= 0.3 is 0 Å². The number of benzene rings is 1. The van der Waals surface area contributed by atoms with E-state index in [-0.39, 0.29) is 22.8 Å². The molecule has 0 unspecified atom stereocenters. The number of hydrogen-bond donors (Lipinski definition) is 1. The van der Waals surface area contributed by atoms with Gasteiger partial charge in [-0.05, 0) is 31.4 Å². The van der Waals surface area contributed by atoms with Crippen LogP contribution in [0.5, 0.6) is 0 Å². The van der Waals surface area contributed by atoms with E-state index in [2.05, 4.69) is 4.40 Å². The van der Waals surface area contributed by atoms with Crippen molar-refractivity contribution in [2.75, 3.05) is 26.2 Å². The van der Waals surface area contributed by atoms with Gasteiger partial charge in [0, 0.05) is 43.7 Å². The first-order valence-electron chi connectivity index (χ1n) is 8.69. The normalized spacial score (nSPS) is 25.8. The molecule has 1 atom stereocenters. The standard InChI is InChI=1S/C17H22N4O3S/c18-13-7-10-21(11-13)17(22)12-5-8-20(9-6-12)16-14-3-1-2-4-15(14)25(23,24)19-16/h1-4,12-13H,5-11,18H2/t13-/m1/s1. The lowest BCUT2D eigenvalue weighted by atomic mass is 9.94. The predicted octanol–water partition coefficient (Wildman–Crippen LogP) is 0.407. The number of rotatable bonds is 1. The Balaban J connectivity index is 1.45. The monoisotopic (exact) mass is 362 g/mol. The van der Waals surface area contributed by atoms with Gasteiger partial charge in [0.15, 0.2) is 5.84 Å². The van der Waals surface area contributed by atoms with Crippen LogP contribution in [0, 0.1) is 5.92 Å². The molecule has 1 aromatic rings. The summed E-state index contributed by atoms with van der Waals surface area (Å²) >= 11 is 0. The van der Waals surface area contributed by atoms with E-state index in [4.69, 9.17) is 5.73 Å². The van der Waals surface area contributed by atoms with Crippen LogP contribution in [0.15, 0.2) is 33.6 Å². The lowest BCUT2D eigenvalue weighted by Crippen LogP contribution is -2.44. The molecular weight excluding hydrogens is 340 g/mol. The Hall–Kier alpha value is -1.93. The fourth-order valence-corrected chi connectivity index (χ4v) is 5.13. The first-order valence-corrected chi connectivity index (χ1v) is 10.1. The number of likely N-dealkylation sites (tertiary alicyclic amines) is 2. The third kappa shape index (κ3) is 2.93. The molecule has 25 heavy (non-hydrogen) atoms. The summed E-state index contributed by atoms with van der Waals surface area (Å²) in [4.78, 5) is 16.7.